The molecule has 0 bridgehead atoms. The van der Waals surface area contributed by atoms with Crippen LogP contribution in [0.5, 0.6) is 0 Å². The molecule has 0 saturated heterocycles. The number of carbonyl (C=O) groups is 2. The fraction of sp³-hybridized carbons (Fsp3) is 0.333. The quantitative estimate of drug-likeness (QED) is 0.732. The van der Waals surface area contributed by atoms with E-state index < -0.39 is 0 Å². The van der Waals surface area contributed by atoms with Gasteiger partial charge in [0.25, 0.3) is 11.8 Å². The van der Waals surface area contributed by atoms with Crippen molar-refractivity contribution in [2.75, 3.05) is 5.32 Å². The van der Waals surface area contributed by atoms with Gasteiger partial charge in [-0.15, -0.1) is 0 Å². The average Bonchev–Trinajstić information content (AvgIpc) is 3.34. The molecule has 2 N–H and O–H groups in total. The van der Waals surface area contributed by atoms with E-state index in [0.29, 0.717) is 29.3 Å². The molecule has 1 fully saturated rings. The van der Waals surface area contributed by atoms with E-state index in [9.17, 15) is 9.59 Å². The Hall–Kier alpha value is -3.22. The average molecular weight is 375 g/mol. The summed E-state index contributed by atoms with van der Waals surface area (Å²) < 4.78 is 1.86. The van der Waals surface area contributed by atoms with Crippen molar-refractivity contribution in [2.45, 2.75) is 45.2 Å². The third-order valence-electron chi connectivity index (χ3n) is 5.37. The van der Waals surface area contributed by atoms with Gasteiger partial charge in [0.2, 0.25) is 0 Å². The van der Waals surface area contributed by atoms with Crippen LogP contribution in [0.2, 0.25) is 0 Å². The molecule has 2 aliphatic rings. The number of benzene rings is 1. The minimum Gasteiger partial charge on any atom is -0.348 e. The summed E-state index contributed by atoms with van der Waals surface area (Å²) >= 11 is 0. The van der Waals surface area contributed by atoms with Crippen LogP contribution in [0.1, 0.15) is 70.6 Å². The molecule has 0 unspecified atom stereocenters. The van der Waals surface area contributed by atoms with Gasteiger partial charge >= 0.3 is 0 Å². The number of carbonyl (C=O) groups excluding carboxylic acids is 2. The van der Waals surface area contributed by atoms with Gasteiger partial charge in [-0.1, -0.05) is 6.07 Å². The number of pyridine rings is 1. The molecule has 0 spiro atoms. The van der Waals surface area contributed by atoms with Gasteiger partial charge in [0.15, 0.2) is 5.65 Å². The Kier molecular flexibility index (Phi) is 3.72. The highest BCUT2D eigenvalue weighted by atomic mass is 16.2. The van der Waals surface area contributed by atoms with Crippen molar-refractivity contribution in [2.24, 2.45) is 0 Å². The molecule has 1 aliphatic heterocycles. The highest BCUT2D eigenvalue weighted by molar-refractivity contribution is 6.12. The monoisotopic (exact) mass is 375 g/mol. The van der Waals surface area contributed by atoms with Crippen LogP contribution in [-0.4, -0.2) is 26.6 Å². The standard InChI is InChI=1S/C21H21N5O2/c1-11(2)26-19-17(10-23-26)16(8-18(25-19)12-3-4-12)21(28)24-14-6-5-13-9-22-20(27)15(13)7-14/h5-8,10-12H,3-4,9H2,1-2H3,(H,22,27)(H,24,28). The van der Waals surface area contributed by atoms with Gasteiger partial charge in [0.1, 0.15) is 0 Å². The summed E-state index contributed by atoms with van der Waals surface area (Å²) in [5, 5.41) is 10.9. The summed E-state index contributed by atoms with van der Waals surface area (Å²) in [6.07, 6.45) is 3.93. The molecule has 1 aliphatic carbocycles. The van der Waals surface area contributed by atoms with Crippen molar-refractivity contribution >= 4 is 28.5 Å². The molecule has 5 rings (SSSR count). The lowest BCUT2D eigenvalue weighted by atomic mass is 10.1. The lowest BCUT2D eigenvalue weighted by Gasteiger charge is -2.11. The number of hydrogen-bond donors (Lipinski definition) is 2. The number of nitrogens with zero attached hydrogens (tertiary/aromatic N) is 3. The van der Waals surface area contributed by atoms with Crippen LogP contribution < -0.4 is 10.6 Å². The second-order valence-corrected chi connectivity index (χ2v) is 7.80. The van der Waals surface area contributed by atoms with Crippen LogP contribution in [0.4, 0.5) is 5.69 Å². The molecule has 3 heterocycles. The minimum absolute atomic E-state index is 0.105. The second-order valence-electron chi connectivity index (χ2n) is 7.80. The number of fused-ring (bicyclic) bond motifs is 2. The van der Waals surface area contributed by atoms with Crippen molar-refractivity contribution in [3.8, 4) is 0 Å². The number of nitrogens with one attached hydrogen (secondary N) is 2. The zero-order chi connectivity index (χ0) is 19.4. The van der Waals surface area contributed by atoms with Gasteiger partial charge in [-0.3, -0.25) is 9.59 Å². The summed E-state index contributed by atoms with van der Waals surface area (Å²) in [6, 6.07) is 7.48. The molecule has 0 radical (unpaired) electrons. The highest BCUT2D eigenvalue weighted by Crippen LogP contribution is 2.40. The fourth-order valence-electron chi connectivity index (χ4n) is 3.68. The topological polar surface area (TPSA) is 88.9 Å². The number of rotatable bonds is 4. The van der Waals surface area contributed by atoms with E-state index >= 15 is 0 Å². The van der Waals surface area contributed by atoms with E-state index in [1.165, 1.54) is 0 Å². The zero-order valence-corrected chi connectivity index (χ0v) is 15.8. The van der Waals surface area contributed by atoms with Gasteiger partial charge in [0.05, 0.1) is 17.1 Å². The summed E-state index contributed by atoms with van der Waals surface area (Å²) in [5.74, 6) is 0.109. The molecule has 0 atom stereocenters. The predicted octanol–water partition coefficient (Wildman–Crippen LogP) is 3.39. The molecule has 7 nitrogen and oxygen atoms in total. The van der Waals surface area contributed by atoms with Crippen molar-refractivity contribution < 1.29 is 9.59 Å². The predicted molar refractivity (Wildman–Crippen MR) is 105 cm³/mol. The molecule has 3 aromatic rings. The lowest BCUT2D eigenvalue weighted by molar-refractivity contribution is 0.0964. The molecular formula is C21H21N5O2. The van der Waals surface area contributed by atoms with Crippen LogP contribution in [-0.2, 0) is 6.54 Å². The lowest BCUT2D eigenvalue weighted by Crippen LogP contribution is -2.15. The Labute approximate surface area is 162 Å². The molecule has 28 heavy (non-hydrogen) atoms. The number of hydrogen-bond acceptors (Lipinski definition) is 4. The molecule has 1 saturated carbocycles. The Bertz CT molecular complexity index is 1130. The molecule has 2 aromatic heterocycles. The third kappa shape index (κ3) is 2.74. The Balaban J connectivity index is 1.54. The second kappa shape index (κ2) is 6.15. The van der Waals surface area contributed by atoms with E-state index in [-0.39, 0.29) is 17.9 Å². The summed E-state index contributed by atoms with van der Waals surface area (Å²) in [7, 11) is 0. The Morgan fingerprint density at radius 1 is 1.29 bits per heavy atom. The zero-order valence-electron chi connectivity index (χ0n) is 15.8. The number of amides is 2. The Morgan fingerprint density at radius 3 is 2.86 bits per heavy atom. The maximum absolute atomic E-state index is 13.1. The Morgan fingerprint density at radius 2 is 2.11 bits per heavy atom. The maximum atomic E-state index is 13.1. The molecule has 7 heteroatoms. The van der Waals surface area contributed by atoms with E-state index in [2.05, 4.69) is 15.7 Å². The number of aromatic nitrogens is 3. The van der Waals surface area contributed by atoms with Crippen LogP contribution in [0.3, 0.4) is 0 Å². The van der Waals surface area contributed by atoms with Crippen LogP contribution >= 0.6 is 0 Å². The van der Waals surface area contributed by atoms with Crippen molar-refractivity contribution in [3.63, 3.8) is 0 Å². The van der Waals surface area contributed by atoms with Gasteiger partial charge in [-0.05, 0) is 50.5 Å². The SMILES string of the molecule is CC(C)n1ncc2c(C(=O)Nc3ccc4c(c3)C(=O)NC4)cc(C3CC3)nc21. The fourth-order valence-corrected chi connectivity index (χ4v) is 3.68. The van der Waals surface area contributed by atoms with E-state index in [0.717, 1.165) is 35.1 Å². The maximum Gasteiger partial charge on any atom is 0.256 e. The third-order valence-corrected chi connectivity index (χ3v) is 5.37. The highest BCUT2D eigenvalue weighted by Gasteiger charge is 2.28. The van der Waals surface area contributed by atoms with Gasteiger partial charge in [0, 0.05) is 35.4 Å². The van der Waals surface area contributed by atoms with Gasteiger partial charge in [-0.2, -0.15) is 5.10 Å². The van der Waals surface area contributed by atoms with Crippen molar-refractivity contribution in [1.82, 2.24) is 20.1 Å². The first-order valence-corrected chi connectivity index (χ1v) is 9.62. The normalized spacial score (nSPS) is 15.8. The molecule has 2 amide bonds. The minimum atomic E-state index is -0.212. The van der Waals surface area contributed by atoms with Crippen LogP contribution in [0.15, 0.2) is 30.5 Å². The first-order chi connectivity index (χ1) is 13.5. The van der Waals surface area contributed by atoms with Crippen molar-refractivity contribution in [3.05, 3.63) is 52.8 Å². The van der Waals surface area contributed by atoms with E-state index in [1.807, 2.05) is 36.7 Å². The van der Waals surface area contributed by atoms with Gasteiger partial charge < -0.3 is 10.6 Å². The summed E-state index contributed by atoms with van der Waals surface area (Å²) in [4.78, 5) is 29.8. The largest absolute Gasteiger partial charge is 0.348 e. The van der Waals surface area contributed by atoms with Gasteiger partial charge in [-0.25, -0.2) is 9.67 Å². The van der Waals surface area contributed by atoms with E-state index in [4.69, 9.17) is 4.98 Å². The summed E-state index contributed by atoms with van der Waals surface area (Å²) in [5.41, 5.74) is 4.44. The summed E-state index contributed by atoms with van der Waals surface area (Å²) in [6.45, 7) is 4.63. The van der Waals surface area contributed by atoms with Crippen LogP contribution in [0.25, 0.3) is 11.0 Å². The molecular weight excluding hydrogens is 354 g/mol. The van der Waals surface area contributed by atoms with Crippen LogP contribution in [0, 0.1) is 0 Å². The first kappa shape index (κ1) is 16.9. The number of anilines is 1. The van der Waals surface area contributed by atoms with Crippen molar-refractivity contribution in [1.29, 1.82) is 0 Å². The smallest absolute Gasteiger partial charge is 0.256 e. The molecule has 1 aromatic carbocycles. The molecule has 142 valence electrons. The first-order valence-electron chi connectivity index (χ1n) is 9.62. The van der Waals surface area contributed by atoms with E-state index in [1.54, 1.807) is 12.3 Å².